The molecule has 2 rings (SSSR count). The zero-order valence-corrected chi connectivity index (χ0v) is 8.08. The van der Waals surface area contributed by atoms with Gasteiger partial charge in [-0.15, -0.1) is 0 Å². The van der Waals surface area contributed by atoms with E-state index in [1.807, 2.05) is 36.4 Å². The van der Waals surface area contributed by atoms with E-state index in [2.05, 4.69) is 4.84 Å². The van der Waals surface area contributed by atoms with Gasteiger partial charge in [-0.2, -0.15) is 0 Å². The van der Waals surface area contributed by atoms with E-state index in [9.17, 15) is 4.79 Å². The quantitative estimate of drug-likeness (QED) is 0.713. The van der Waals surface area contributed by atoms with Gasteiger partial charge in [-0.3, -0.25) is 9.63 Å². The standard InChI is InChI=1S/C11H8ClNO/c12-13-11(14)10-6-5-8-3-1-2-4-9(8)7-10/h1-7H,(H,13,14). The van der Waals surface area contributed by atoms with Crippen LogP contribution in [-0.2, 0) is 0 Å². The van der Waals surface area contributed by atoms with Crippen molar-refractivity contribution in [2.24, 2.45) is 0 Å². The Balaban J connectivity index is 2.56. The highest BCUT2D eigenvalue weighted by Crippen LogP contribution is 2.15. The van der Waals surface area contributed by atoms with Crippen LogP contribution in [0.3, 0.4) is 0 Å². The van der Waals surface area contributed by atoms with Crippen LogP contribution in [-0.4, -0.2) is 5.91 Å². The molecule has 2 nitrogen and oxygen atoms in total. The molecule has 0 heterocycles. The molecule has 2 aromatic rings. The summed E-state index contributed by atoms with van der Waals surface area (Å²) in [4.78, 5) is 13.3. The summed E-state index contributed by atoms with van der Waals surface area (Å²) < 4.78 is 0. The van der Waals surface area contributed by atoms with Gasteiger partial charge in [0, 0.05) is 17.3 Å². The van der Waals surface area contributed by atoms with Crippen LogP contribution in [0, 0.1) is 0 Å². The van der Waals surface area contributed by atoms with Crippen LogP contribution < -0.4 is 4.84 Å². The fraction of sp³-hybridized carbons (Fsp3) is 0. The Labute approximate surface area is 86.6 Å². The van der Waals surface area contributed by atoms with Crippen LogP contribution in [0.1, 0.15) is 10.4 Å². The Bertz CT molecular complexity index is 481. The van der Waals surface area contributed by atoms with Crippen LogP contribution in [0.4, 0.5) is 0 Å². The first kappa shape index (κ1) is 9.03. The van der Waals surface area contributed by atoms with Crippen molar-refractivity contribution in [1.82, 2.24) is 4.84 Å². The molecule has 0 aliphatic carbocycles. The fourth-order valence-electron chi connectivity index (χ4n) is 1.39. The minimum atomic E-state index is -0.280. The van der Waals surface area contributed by atoms with Crippen molar-refractivity contribution >= 4 is 28.5 Å². The van der Waals surface area contributed by atoms with Crippen LogP contribution in [0.2, 0.25) is 0 Å². The number of rotatable bonds is 1. The Morgan fingerprint density at radius 3 is 2.50 bits per heavy atom. The molecule has 0 radical (unpaired) electrons. The molecule has 0 bridgehead atoms. The number of hydrogen-bond donors (Lipinski definition) is 1. The molecule has 0 saturated carbocycles. The molecular formula is C11H8ClNO. The number of fused-ring (bicyclic) bond motifs is 1. The maximum absolute atomic E-state index is 11.2. The molecule has 0 fully saturated rings. The Hall–Kier alpha value is -1.54. The molecule has 70 valence electrons. The van der Waals surface area contributed by atoms with Crippen molar-refractivity contribution in [2.75, 3.05) is 0 Å². The molecular weight excluding hydrogens is 198 g/mol. The SMILES string of the molecule is O=C(NCl)c1ccc2ccccc2c1. The summed E-state index contributed by atoms with van der Waals surface area (Å²) in [6, 6.07) is 13.3. The lowest BCUT2D eigenvalue weighted by molar-refractivity contribution is 0.0982. The second kappa shape index (κ2) is 3.68. The molecule has 0 aromatic heterocycles. The predicted molar refractivity (Wildman–Crippen MR) is 57.3 cm³/mol. The average molecular weight is 206 g/mol. The molecule has 0 atom stereocenters. The average Bonchev–Trinajstić information content (AvgIpc) is 2.27. The van der Waals surface area contributed by atoms with Gasteiger partial charge in [0.2, 0.25) is 0 Å². The third-order valence-electron chi connectivity index (χ3n) is 2.10. The van der Waals surface area contributed by atoms with E-state index in [4.69, 9.17) is 11.8 Å². The van der Waals surface area contributed by atoms with Crippen molar-refractivity contribution in [3.8, 4) is 0 Å². The summed E-state index contributed by atoms with van der Waals surface area (Å²) in [5, 5.41) is 2.14. The second-order valence-corrected chi connectivity index (χ2v) is 3.17. The normalized spacial score (nSPS) is 10.1. The van der Waals surface area contributed by atoms with Crippen molar-refractivity contribution < 1.29 is 4.79 Å². The molecule has 14 heavy (non-hydrogen) atoms. The first-order chi connectivity index (χ1) is 6.81. The molecule has 0 saturated heterocycles. The molecule has 0 aliphatic heterocycles. The lowest BCUT2D eigenvalue weighted by atomic mass is 10.1. The minimum Gasteiger partial charge on any atom is -0.268 e. The molecule has 1 N–H and O–H groups in total. The van der Waals surface area contributed by atoms with Crippen LogP contribution in [0.25, 0.3) is 10.8 Å². The smallest absolute Gasteiger partial charge is 0.265 e. The summed E-state index contributed by atoms with van der Waals surface area (Å²) in [5.41, 5.74) is 0.568. The molecule has 3 heteroatoms. The van der Waals surface area contributed by atoms with E-state index in [1.165, 1.54) is 0 Å². The van der Waals surface area contributed by atoms with Gasteiger partial charge in [0.25, 0.3) is 5.91 Å². The maximum Gasteiger partial charge on any atom is 0.265 e. The van der Waals surface area contributed by atoms with E-state index in [1.54, 1.807) is 6.07 Å². The monoisotopic (exact) mass is 205 g/mol. The second-order valence-electron chi connectivity index (χ2n) is 2.99. The van der Waals surface area contributed by atoms with E-state index >= 15 is 0 Å². The summed E-state index contributed by atoms with van der Waals surface area (Å²) in [7, 11) is 0. The highest BCUT2D eigenvalue weighted by molar-refractivity contribution is 6.24. The van der Waals surface area contributed by atoms with Gasteiger partial charge in [0.05, 0.1) is 0 Å². The van der Waals surface area contributed by atoms with Gasteiger partial charge < -0.3 is 0 Å². The zero-order chi connectivity index (χ0) is 9.97. The lowest BCUT2D eigenvalue weighted by Crippen LogP contribution is -2.11. The van der Waals surface area contributed by atoms with E-state index in [-0.39, 0.29) is 5.91 Å². The zero-order valence-electron chi connectivity index (χ0n) is 7.33. The molecule has 0 spiro atoms. The highest BCUT2D eigenvalue weighted by Gasteiger charge is 2.03. The Kier molecular flexibility index (Phi) is 2.37. The lowest BCUT2D eigenvalue weighted by Gasteiger charge is -2.00. The van der Waals surface area contributed by atoms with Crippen molar-refractivity contribution in [1.29, 1.82) is 0 Å². The minimum absolute atomic E-state index is 0.280. The third-order valence-corrected chi connectivity index (χ3v) is 2.27. The fourth-order valence-corrected chi connectivity index (χ4v) is 1.49. The topological polar surface area (TPSA) is 29.1 Å². The third kappa shape index (κ3) is 1.56. The van der Waals surface area contributed by atoms with Gasteiger partial charge in [0.15, 0.2) is 0 Å². The van der Waals surface area contributed by atoms with Crippen molar-refractivity contribution in [2.45, 2.75) is 0 Å². The van der Waals surface area contributed by atoms with Gasteiger partial charge in [-0.1, -0.05) is 30.3 Å². The number of carbonyl (C=O) groups excluding carboxylic acids is 1. The maximum atomic E-state index is 11.2. The summed E-state index contributed by atoms with van der Waals surface area (Å²) in [6.07, 6.45) is 0. The number of halogens is 1. The predicted octanol–water partition coefficient (Wildman–Crippen LogP) is 2.72. The van der Waals surface area contributed by atoms with Crippen molar-refractivity contribution in [3.63, 3.8) is 0 Å². The Morgan fingerprint density at radius 2 is 1.79 bits per heavy atom. The number of nitrogens with one attached hydrogen (secondary N) is 1. The van der Waals surface area contributed by atoms with Crippen LogP contribution in [0.5, 0.6) is 0 Å². The summed E-state index contributed by atoms with van der Waals surface area (Å²) >= 11 is 5.24. The van der Waals surface area contributed by atoms with Gasteiger partial charge in [-0.05, 0) is 22.9 Å². The molecule has 0 aliphatic rings. The Morgan fingerprint density at radius 1 is 1.07 bits per heavy atom. The van der Waals surface area contributed by atoms with Crippen LogP contribution >= 0.6 is 11.8 Å². The first-order valence-electron chi connectivity index (χ1n) is 4.21. The van der Waals surface area contributed by atoms with Gasteiger partial charge in [0.1, 0.15) is 0 Å². The largest absolute Gasteiger partial charge is 0.268 e. The molecule has 1 amide bonds. The number of benzene rings is 2. The number of carbonyl (C=O) groups is 1. The van der Waals surface area contributed by atoms with Gasteiger partial charge >= 0.3 is 0 Å². The molecule has 0 unspecified atom stereocenters. The van der Waals surface area contributed by atoms with Crippen LogP contribution in [0.15, 0.2) is 42.5 Å². The highest BCUT2D eigenvalue weighted by atomic mass is 35.5. The summed E-state index contributed by atoms with van der Waals surface area (Å²) in [6.45, 7) is 0. The first-order valence-corrected chi connectivity index (χ1v) is 4.59. The number of hydrogen-bond acceptors (Lipinski definition) is 1. The van der Waals surface area contributed by atoms with Gasteiger partial charge in [-0.25, -0.2) is 0 Å². The number of amides is 1. The van der Waals surface area contributed by atoms with E-state index < -0.39 is 0 Å². The van der Waals surface area contributed by atoms with E-state index in [0.29, 0.717) is 5.56 Å². The van der Waals surface area contributed by atoms with E-state index in [0.717, 1.165) is 10.8 Å². The molecule has 2 aromatic carbocycles. The summed E-state index contributed by atoms with van der Waals surface area (Å²) in [5.74, 6) is -0.280. The van der Waals surface area contributed by atoms with Crippen molar-refractivity contribution in [3.05, 3.63) is 48.0 Å².